The largest absolute Gasteiger partial charge is 0.315 e. The summed E-state index contributed by atoms with van der Waals surface area (Å²) >= 11 is 0. The Labute approximate surface area is 94.4 Å². The average molecular weight is 210 g/mol. The van der Waals surface area contributed by atoms with Crippen molar-refractivity contribution in [2.45, 2.75) is 57.5 Å². The minimum atomic E-state index is 0.744. The van der Waals surface area contributed by atoms with Crippen LogP contribution >= 0.6 is 0 Å². The standard InChI is InChI=1S/C13H26N2/c1-11-6-5-9-15(11)10-13(14-2)12-7-3-4-8-12/h11-14H,3-10H2,1-2H3. The molecule has 1 heterocycles. The lowest BCUT2D eigenvalue weighted by Gasteiger charge is -2.30. The molecule has 2 heteroatoms. The van der Waals surface area contributed by atoms with Gasteiger partial charge in [0.05, 0.1) is 0 Å². The lowest BCUT2D eigenvalue weighted by molar-refractivity contribution is 0.209. The molecule has 15 heavy (non-hydrogen) atoms. The molecule has 0 aromatic carbocycles. The van der Waals surface area contributed by atoms with Crippen molar-refractivity contribution < 1.29 is 0 Å². The van der Waals surface area contributed by atoms with Crippen molar-refractivity contribution in [1.82, 2.24) is 10.2 Å². The molecule has 2 fully saturated rings. The zero-order valence-electron chi connectivity index (χ0n) is 10.3. The molecule has 88 valence electrons. The molecule has 0 aromatic rings. The van der Waals surface area contributed by atoms with E-state index in [0.717, 1.165) is 18.0 Å². The first kappa shape index (κ1) is 11.4. The Morgan fingerprint density at radius 3 is 2.47 bits per heavy atom. The van der Waals surface area contributed by atoms with Gasteiger partial charge in [-0.2, -0.15) is 0 Å². The summed E-state index contributed by atoms with van der Waals surface area (Å²) in [4.78, 5) is 2.68. The summed E-state index contributed by atoms with van der Waals surface area (Å²) in [7, 11) is 2.14. The Morgan fingerprint density at radius 1 is 1.20 bits per heavy atom. The highest BCUT2D eigenvalue weighted by atomic mass is 15.2. The molecule has 2 rings (SSSR count). The molecule has 2 aliphatic rings. The normalized spacial score (nSPS) is 31.2. The Kier molecular flexibility index (Phi) is 4.04. The van der Waals surface area contributed by atoms with Gasteiger partial charge in [0.25, 0.3) is 0 Å². The topological polar surface area (TPSA) is 15.3 Å². The second-order valence-corrected chi connectivity index (χ2v) is 5.43. The molecule has 2 nitrogen and oxygen atoms in total. The van der Waals surface area contributed by atoms with Gasteiger partial charge in [-0.1, -0.05) is 12.8 Å². The molecule has 1 saturated carbocycles. The summed E-state index contributed by atoms with van der Waals surface area (Å²) in [6.07, 6.45) is 8.63. The molecule has 1 aliphatic heterocycles. The van der Waals surface area contributed by atoms with Crippen LogP contribution in [0.5, 0.6) is 0 Å². The lowest BCUT2D eigenvalue weighted by atomic mass is 9.97. The second-order valence-electron chi connectivity index (χ2n) is 5.43. The van der Waals surface area contributed by atoms with E-state index < -0.39 is 0 Å². The summed E-state index contributed by atoms with van der Waals surface area (Å²) in [5, 5.41) is 3.55. The Balaban J connectivity index is 1.84. The van der Waals surface area contributed by atoms with Gasteiger partial charge in [-0.15, -0.1) is 0 Å². The molecule has 2 atom stereocenters. The van der Waals surface area contributed by atoms with E-state index in [1.165, 1.54) is 51.6 Å². The first-order valence-corrected chi connectivity index (χ1v) is 6.72. The molecular formula is C13H26N2. The van der Waals surface area contributed by atoms with Gasteiger partial charge in [0.2, 0.25) is 0 Å². The van der Waals surface area contributed by atoms with E-state index in [1.54, 1.807) is 0 Å². The van der Waals surface area contributed by atoms with E-state index in [4.69, 9.17) is 0 Å². The Bertz CT molecular complexity index is 187. The first-order valence-electron chi connectivity index (χ1n) is 6.72. The molecule has 1 saturated heterocycles. The monoisotopic (exact) mass is 210 g/mol. The number of hydrogen-bond donors (Lipinski definition) is 1. The zero-order valence-corrected chi connectivity index (χ0v) is 10.3. The molecule has 0 amide bonds. The fourth-order valence-electron chi connectivity index (χ4n) is 3.35. The van der Waals surface area contributed by atoms with Crippen molar-refractivity contribution in [3.63, 3.8) is 0 Å². The summed E-state index contributed by atoms with van der Waals surface area (Å²) in [6.45, 7) is 4.99. The van der Waals surface area contributed by atoms with Crippen molar-refractivity contribution >= 4 is 0 Å². The van der Waals surface area contributed by atoms with E-state index in [9.17, 15) is 0 Å². The average Bonchev–Trinajstić information content (AvgIpc) is 2.86. The van der Waals surface area contributed by atoms with Crippen LogP contribution in [0.25, 0.3) is 0 Å². The molecule has 0 radical (unpaired) electrons. The van der Waals surface area contributed by atoms with Crippen molar-refractivity contribution in [2.24, 2.45) is 5.92 Å². The van der Waals surface area contributed by atoms with Gasteiger partial charge in [-0.05, 0) is 52.1 Å². The molecule has 1 N–H and O–H groups in total. The van der Waals surface area contributed by atoms with Crippen LogP contribution in [0.15, 0.2) is 0 Å². The molecule has 0 bridgehead atoms. The van der Waals surface area contributed by atoms with Crippen LogP contribution < -0.4 is 5.32 Å². The predicted octanol–water partition coefficient (Wildman–Crippen LogP) is 2.25. The molecule has 0 aromatic heterocycles. The van der Waals surface area contributed by atoms with Crippen molar-refractivity contribution in [3.8, 4) is 0 Å². The first-order chi connectivity index (χ1) is 7.31. The van der Waals surface area contributed by atoms with Crippen LogP contribution in [-0.4, -0.2) is 37.1 Å². The predicted molar refractivity (Wildman–Crippen MR) is 65.1 cm³/mol. The van der Waals surface area contributed by atoms with Crippen molar-refractivity contribution in [2.75, 3.05) is 20.1 Å². The fourth-order valence-corrected chi connectivity index (χ4v) is 3.35. The third kappa shape index (κ3) is 2.73. The Hall–Kier alpha value is -0.0800. The van der Waals surface area contributed by atoms with Crippen LogP contribution in [0.1, 0.15) is 45.4 Å². The van der Waals surface area contributed by atoms with E-state index in [0.29, 0.717) is 0 Å². The summed E-state index contributed by atoms with van der Waals surface area (Å²) in [6, 6.07) is 1.57. The van der Waals surface area contributed by atoms with Crippen LogP contribution in [0.4, 0.5) is 0 Å². The highest BCUT2D eigenvalue weighted by Crippen LogP contribution is 2.29. The van der Waals surface area contributed by atoms with E-state index in [1.807, 2.05) is 0 Å². The molecule has 0 spiro atoms. The third-order valence-electron chi connectivity index (χ3n) is 4.46. The molecular weight excluding hydrogens is 184 g/mol. The number of nitrogens with one attached hydrogen (secondary N) is 1. The van der Waals surface area contributed by atoms with Gasteiger partial charge >= 0.3 is 0 Å². The van der Waals surface area contributed by atoms with Gasteiger partial charge in [0.15, 0.2) is 0 Å². The van der Waals surface area contributed by atoms with Gasteiger partial charge in [-0.3, -0.25) is 4.90 Å². The minimum Gasteiger partial charge on any atom is -0.315 e. The Morgan fingerprint density at radius 2 is 1.93 bits per heavy atom. The number of nitrogens with zero attached hydrogens (tertiary/aromatic N) is 1. The highest BCUT2D eigenvalue weighted by molar-refractivity contribution is 4.85. The number of likely N-dealkylation sites (N-methyl/N-ethyl adjacent to an activating group) is 1. The molecule has 1 aliphatic carbocycles. The van der Waals surface area contributed by atoms with Crippen LogP contribution in [0.2, 0.25) is 0 Å². The van der Waals surface area contributed by atoms with E-state index >= 15 is 0 Å². The van der Waals surface area contributed by atoms with Gasteiger partial charge in [0, 0.05) is 18.6 Å². The van der Waals surface area contributed by atoms with Crippen LogP contribution in [0.3, 0.4) is 0 Å². The summed E-state index contributed by atoms with van der Waals surface area (Å²) in [5.74, 6) is 0.947. The van der Waals surface area contributed by atoms with Gasteiger partial charge in [0.1, 0.15) is 0 Å². The smallest absolute Gasteiger partial charge is 0.0220 e. The van der Waals surface area contributed by atoms with Gasteiger partial charge in [-0.25, -0.2) is 0 Å². The van der Waals surface area contributed by atoms with Crippen LogP contribution in [-0.2, 0) is 0 Å². The zero-order chi connectivity index (χ0) is 10.7. The highest BCUT2D eigenvalue weighted by Gasteiger charge is 2.28. The lowest BCUT2D eigenvalue weighted by Crippen LogP contribution is -2.44. The summed E-state index contributed by atoms with van der Waals surface area (Å²) < 4.78 is 0. The SMILES string of the molecule is CNC(CN1CCCC1C)C1CCCC1. The quantitative estimate of drug-likeness (QED) is 0.765. The maximum atomic E-state index is 3.55. The summed E-state index contributed by atoms with van der Waals surface area (Å²) in [5.41, 5.74) is 0. The molecule has 2 unspecified atom stereocenters. The number of likely N-dealkylation sites (tertiary alicyclic amines) is 1. The van der Waals surface area contributed by atoms with Gasteiger partial charge < -0.3 is 5.32 Å². The number of rotatable bonds is 4. The van der Waals surface area contributed by atoms with Crippen LogP contribution in [0, 0.1) is 5.92 Å². The van der Waals surface area contributed by atoms with E-state index in [-0.39, 0.29) is 0 Å². The van der Waals surface area contributed by atoms with Crippen molar-refractivity contribution in [1.29, 1.82) is 0 Å². The maximum absolute atomic E-state index is 3.55. The maximum Gasteiger partial charge on any atom is 0.0220 e. The second kappa shape index (κ2) is 5.31. The third-order valence-corrected chi connectivity index (χ3v) is 4.46. The number of hydrogen-bond acceptors (Lipinski definition) is 2. The van der Waals surface area contributed by atoms with E-state index in [2.05, 4.69) is 24.2 Å². The fraction of sp³-hybridized carbons (Fsp3) is 1.00. The minimum absolute atomic E-state index is 0.744. The van der Waals surface area contributed by atoms with Crippen molar-refractivity contribution in [3.05, 3.63) is 0 Å².